The van der Waals surface area contributed by atoms with Gasteiger partial charge in [0.05, 0.1) is 0 Å². The number of carbonyl (C=O) groups is 1. The number of hydrogen-bond donors (Lipinski definition) is 1. The lowest BCUT2D eigenvalue weighted by Crippen LogP contribution is -2.54. The number of piperidine rings is 1. The predicted octanol–water partition coefficient (Wildman–Crippen LogP) is 2.23. The zero-order valence-electron chi connectivity index (χ0n) is 15.2. The van der Waals surface area contributed by atoms with Crippen molar-refractivity contribution in [3.8, 4) is 0 Å². The molecule has 24 heavy (non-hydrogen) atoms. The van der Waals surface area contributed by atoms with E-state index in [1.165, 1.54) is 16.8 Å². The Hall–Kier alpha value is -1.75. The van der Waals surface area contributed by atoms with Gasteiger partial charge in [0.25, 0.3) is 0 Å². The van der Waals surface area contributed by atoms with Gasteiger partial charge in [0.2, 0.25) is 0 Å². The van der Waals surface area contributed by atoms with Crippen LogP contribution in [0.2, 0.25) is 0 Å². The third-order valence-electron chi connectivity index (χ3n) is 5.31. The number of benzene rings is 1. The van der Waals surface area contributed by atoms with E-state index in [9.17, 15) is 4.79 Å². The van der Waals surface area contributed by atoms with E-state index in [0.29, 0.717) is 6.04 Å². The summed E-state index contributed by atoms with van der Waals surface area (Å²) in [6, 6.07) is 7.06. The van der Waals surface area contributed by atoms with E-state index >= 15 is 0 Å². The van der Waals surface area contributed by atoms with Crippen molar-refractivity contribution in [2.75, 3.05) is 51.2 Å². The Morgan fingerprint density at radius 3 is 2.33 bits per heavy atom. The van der Waals surface area contributed by atoms with E-state index in [2.05, 4.69) is 54.2 Å². The van der Waals surface area contributed by atoms with Crippen LogP contribution in [0.25, 0.3) is 0 Å². The highest BCUT2D eigenvalue weighted by Gasteiger charge is 2.25. The van der Waals surface area contributed by atoms with Crippen LogP contribution in [0.15, 0.2) is 18.2 Å². The minimum atomic E-state index is 0.116. The van der Waals surface area contributed by atoms with Crippen molar-refractivity contribution < 1.29 is 4.79 Å². The largest absolute Gasteiger partial charge is 0.368 e. The molecule has 3 rings (SSSR count). The molecule has 0 bridgehead atoms. The number of urea groups is 1. The van der Waals surface area contributed by atoms with Crippen LogP contribution in [0.1, 0.15) is 24.0 Å². The van der Waals surface area contributed by atoms with Gasteiger partial charge in [0, 0.05) is 37.9 Å². The third kappa shape index (κ3) is 4.01. The quantitative estimate of drug-likeness (QED) is 0.904. The minimum absolute atomic E-state index is 0.116. The highest BCUT2D eigenvalue weighted by atomic mass is 16.2. The number of amides is 2. The number of aryl methyl sites for hydroxylation is 2. The first kappa shape index (κ1) is 17.1. The molecule has 2 fully saturated rings. The Labute approximate surface area is 145 Å². The van der Waals surface area contributed by atoms with E-state index < -0.39 is 0 Å². The molecule has 2 heterocycles. The molecule has 0 unspecified atom stereocenters. The average Bonchev–Trinajstić information content (AvgIpc) is 2.57. The molecule has 0 aromatic heterocycles. The summed E-state index contributed by atoms with van der Waals surface area (Å²) in [5.74, 6) is 0. The summed E-state index contributed by atoms with van der Waals surface area (Å²) in [6.07, 6.45) is 2.12. The minimum Gasteiger partial charge on any atom is -0.368 e. The number of likely N-dealkylation sites (tertiary alicyclic amines) is 1. The molecule has 1 aromatic rings. The van der Waals surface area contributed by atoms with Crippen LogP contribution in [0.5, 0.6) is 0 Å². The Morgan fingerprint density at radius 2 is 1.71 bits per heavy atom. The number of nitrogens with zero attached hydrogens (tertiary/aromatic N) is 3. The zero-order valence-corrected chi connectivity index (χ0v) is 15.2. The summed E-state index contributed by atoms with van der Waals surface area (Å²) in [4.78, 5) is 19.2. The van der Waals surface area contributed by atoms with Crippen molar-refractivity contribution in [1.29, 1.82) is 0 Å². The summed E-state index contributed by atoms with van der Waals surface area (Å²) < 4.78 is 0. The first-order chi connectivity index (χ1) is 11.5. The Balaban J connectivity index is 1.50. The van der Waals surface area contributed by atoms with Crippen LogP contribution in [-0.4, -0.2) is 68.2 Å². The normalized spacial score (nSPS) is 20.3. The first-order valence-electron chi connectivity index (χ1n) is 9.09. The van der Waals surface area contributed by atoms with Gasteiger partial charge >= 0.3 is 6.03 Å². The SMILES string of the molecule is Cc1ccc(N2CCN(C(=O)NC3CCN(C)CC3)CC2)c(C)c1. The van der Waals surface area contributed by atoms with Crippen molar-refractivity contribution in [3.05, 3.63) is 29.3 Å². The molecule has 132 valence electrons. The maximum absolute atomic E-state index is 12.5. The van der Waals surface area contributed by atoms with E-state index in [4.69, 9.17) is 0 Å². The van der Waals surface area contributed by atoms with Crippen LogP contribution in [0.4, 0.5) is 10.5 Å². The van der Waals surface area contributed by atoms with Crippen molar-refractivity contribution in [2.24, 2.45) is 0 Å². The smallest absolute Gasteiger partial charge is 0.317 e. The fourth-order valence-electron chi connectivity index (χ4n) is 3.73. The molecule has 0 saturated carbocycles. The summed E-state index contributed by atoms with van der Waals surface area (Å²) >= 11 is 0. The van der Waals surface area contributed by atoms with Crippen molar-refractivity contribution in [1.82, 2.24) is 15.1 Å². The highest BCUT2D eigenvalue weighted by molar-refractivity contribution is 5.75. The third-order valence-corrected chi connectivity index (χ3v) is 5.31. The second-order valence-electron chi connectivity index (χ2n) is 7.29. The summed E-state index contributed by atoms with van der Waals surface area (Å²) in [5.41, 5.74) is 3.92. The number of rotatable bonds is 2. The van der Waals surface area contributed by atoms with E-state index in [-0.39, 0.29) is 6.03 Å². The van der Waals surface area contributed by atoms with Crippen LogP contribution < -0.4 is 10.2 Å². The average molecular weight is 330 g/mol. The predicted molar refractivity (Wildman–Crippen MR) is 98.8 cm³/mol. The van der Waals surface area contributed by atoms with Crippen LogP contribution in [0, 0.1) is 13.8 Å². The van der Waals surface area contributed by atoms with Gasteiger partial charge in [-0.3, -0.25) is 0 Å². The van der Waals surface area contributed by atoms with Crippen molar-refractivity contribution in [3.63, 3.8) is 0 Å². The maximum Gasteiger partial charge on any atom is 0.317 e. The van der Waals surface area contributed by atoms with Crippen molar-refractivity contribution in [2.45, 2.75) is 32.7 Å². The molecule has 1 N–H and O–H groups in total. The van der Waals surface area contributed by atoms with Gasteiger partial charge in [0.1, 0.15) is 0 Å². The molecule has 5 nitrogen and oxygen atoms in total. The number of carbonyl (C=O) groups excluding carboxylic acids is 1. The molecule has 0 spiro atoms. The summed E-state index contributed by atoms with van der Waals surface area (Å²) in [6.45, 7) is 9.85. The molecule has 2 saturated heterocycles. The molecule has 0 atom stereocenters. The topological polar surface area (TPSA) is 38.8 Å². The zero-order chi connectivity index (χ0) is 17.1. The van der Waals surface area contributed by atoms with Gasteiger partial charge in [-0.25, -0.2) is 4.79 Å². The molecule has 0 aliphatic carbocycles. The number of anilines is 1. The summed E-state index contributed by atoms with van der Waals surface area (Å²) in [5, 5.41) is 3.22. The number of hydrogen-bond acceptors (Lipinski definition) is 3. The Morgan fingerprint density at radius 1 is 1.04 bits per heavy atom. The van der Waals surface area contributed by atoms with Crippen LogP contribution >= 0.6 is 0 Å². The van der Waals surface area contributed by atoms with Gasteiger partial charge in [0.15, 0.2) is 0 Å². The molecule has 1 aromatic carbocycles. The van der Waals surface area contributed by atoms with Crippen LogP contribution in [0.3, 0.4) is 0 Å². The lowest BCUT2D eigenvalue weighted by molar-refractivity contribution is 0.178. The van der Waals surface area contributed by atoms with Gasteiger partial charge in [-0.15, -0.1) is 0 Å². The fourth-order valence-corrected chi connectivity index (χ4v) is 3.73. The molecule has 2 amide bonds. The van der Waals surface area contributed by atoms with Gasteiger partial charge in [-0.1, -0.05) is 17.7 Å². The lowest BCUT2D eigenvalue weighted by Gasteiger charge is -2.38. The standard InChI is InChI=1S/C19H30N4O/c1-15-4-5-18(16(2)14-15)22-10-12-23(13-11-22)19(24)20-17-6-8-21(3)9-7-17/h4-5,14,17H,6-13H2,1-3H3,(H,20,24). The van der Waals surface area contributed by atoms with Gasteiger partial charge < -0.3 is 20.0 Å². The van der Waals surface area contributed by atoms with E-state index in [1.807, 2.05) is 4.90 Å². The fraction of sp³-hybridized carbons (Fsp3) is 0.632. The monoisotopic (exact) mass is 330 g/mol. The molecular formula is C19H30N4O. The van der Waals surface area contributed by atoms with Gasteiger partial charge in [-0.2, -0.15) is 0 Å². The van der Waals surface area contributed by atoms with Crippen molar-refractivity contribution >= 4 is 11.7 Å². The molecule has 0 radical (unpaired) electrons. The van der Waals surface area contributed by atoms with E-state index in [1.54, 1.807) is 0 Å². The van der Waals surface area contributed by atoms with Gasteiger partial charge in [-0.05, 0) is 58.5 Å². The second-order valence-corrected chi connectivity index (χ2v) is 7.29. The van der Waals surface area contributed by atoms with E-state index in [0.717, 1.165) is 52.1 Å². The highest BCUT2D eigenvalue weighted by Crippen LogP contribution is 2.22. The summed E-state index contributed by atoms with van der Waals surface area (Å²) in [7, 11) is 2.14. The molecule has 2 aliphatic rings. The maximum atomic E-state index is 12.5. The Bertz CT molecular complexity index is 573. The lowest BCUT2D eigenvalue weighted by atomic mass is 10.1. The number of piperazine rings is 1. The number of nitrogens with one attached hydrogen (secondary N) is 1. The Kier molecular flexibility index (Phi) is 5.29. The second kappa shape index (κ2) is 7.43. The molecule has 5 heteroatoms. The molecular weight excluding hydrogens is 300 g/mol. The first-order valence-corrected chi connectivity index (χ1v) is 9.09. The molecule has 2 aliphatic heterocycles. The van der Waals surface area contributed by atoms with Crippen LogP contribution in [-0.2, 0) is 0 Å².